The molecule has 0 atom stereocenters. The van der Waals surface area contributed by atoms with Crippen LogP contribution in [0.5, 0.6) is 0 Å². The highest BCUT2D eigenvalue weighted by atomic mass is 35.5. The average molecular weight is 339 g/mol. The minimum absolute atomic E-state index is 0. The Morgan fingerprint density at radius 2 is 1.50 bits per heavy atom. The Morgan fingerprint density at radius 1 is 0.875 bits per heavy atom. The molecule has 2 aromatic carbocycles. The summed E-state index contributed by atoms with van der Waals surface area (Å²) >= 11 is 0. The molecule has 0 aliphatic carbocycles. The predicted molar refractivity (Wildman–Crippen MR) is 103 cm³/mol. The van der Waals surface area contributed by atoms with Gasteiger partial charge in [-0.2, -0.15) is 0 Å². The Labute approximate surface area is 150 Å². The van der Waals surface area contributed by atoms with Gasteiger partial charge in [-0.15, -0.1) is 12.4 Å². The van der Waals surface area contributed by atoms with E-state index in [-0.39, 0.29) is 12.4 Å². The minimum Gasteiger partial charge on any atom is -0.334 e. The van der Waals surface area contributed by atoms with Crippen molar-refractivity contribution >= 4 is 12.4 Å². The van der Waals surface area contributed by atoms with Gasteiger partial charge in [0.05, 0.1) is 5.69 Å². The van der Waals surface area contributed by atoms with E-state index in [1.54, 1.807) is 0 Å². The third-order valence-electron chi connectivity index (χ3n) is 4.78. The molecular formula is C21H23ClN2. The quantitative estimate of drug-likeness (QED) is 0.613. The zero-order chi connectivity index (χ0) is 15.6. The Balaban J connectivity index is 0.00000169. The van der Waals surface area contributed by atoms with Gasteiger partial charge in [-0.05, 0) is 36.0 Å². The molecule has 0 radical (unpaired) electrons. The molecule has 0 saturated carbocycles. The summed E-state index contributed by atoms with van der Waals surface area (Å²) < 4.78 is 2.32. The Bertz CT molecular complexity index is 777. The maximum Gasteiger partial charge on any atom is 0.109 e. The van der Waals surface area contributed by atoms with Gasteiger partial charge < -0.3 is 4.57 Å². The van der Waals surface area contributed by atoms with Crippen molar-refractivity contribution in [2.75, 3.05) is 0 Å². The number of halogens is 1. The summed E-state index contributed by atoms with van der Waals surface area (Å²) in [4.78, 5) is 4.81. The first kappa shape index (κ1) is 16.8. The van der Waals surface area contributed by atoms with Crippen molar-refractivity contribution in [3.05, 3.63) is 66.1 Å². The molecule has 2 heterocycles. The van der Waals surface area contributed by atoms with Gasteiger partial charge in [-0.1, -0.05) is 55.5 Å². The highest BCUT2D eigenvalue weighted by Crippen LogP contribution is 2.26. The van der Waals surface area contributed by atoms with Crippen LogP contribution in [-0.2, 0) is 19.4 Å². The van der Waals surface area contributed by atoms with Crippen molar-refractivity contribution in [1.29, 1.82) is 0 Å². The Kier molecular flexibility index (Phi) is 5.06. The maximum atomic E-state index is 4.81. The van der Waals surface area contributed by atoms with Crippen LogP contribution in [0.3, 0.4) is 0 Å². The summed E-state index contributed by atoms with van der Waals surface area (Å²) in [6.45, 7) is 3.30. The van der Waals surface area contributed by atoms with Crippen molar-refractivity contribution in [2.24, 2.45) is 0 Å². The molecule has 2 nitrogen and oxygen atoms in total. The number of hydrogen-bond acceptors (Lipinski definition) is 1. The number of imidazole rings is 1. The minimum atomic E-state index is 0. The third-order valence-corrected chi connectivity index (χ3v) is 4.78. The number of hydrogen-bond donors (Lipinski definition) is 0. The van der Waals surface area contributed by atoms with Crippen LogP contribution in [0.4, 0.5) is 0 Å². The van der Waals surface area contributed by atoms with E-state index in [9.17, 15) is 0 Å². The van der Waals surface area contributed by atoms with E-state index in [0.29, 0.717) is 0 Å². The number of aryl methyl sites for hydroxylation is 3. The normalized spacial score (nSPS) is 13.2. The molecule has 0 spiro atoms. The average Bonchev–Trinajstić information content (AvgIpc) is 3.06. The van der Waals surface area contributed by atoms with Crippen LogP contribution in [0, 0.1) is 0 Å². The summed E-state index contributed by atoms with van der Waals surface area (Å²) in [5.74, 6) is 1.24. The molecule has 1 aliphatic rings. The number of nitrogens with zero attached hydrogens (tertiary/aromatic N) is 2. The monoisotopic (exact) mass is 338 g/mol. The van der Waals surface area contributed by atoms with Crippen LogP contribution in [0.1, 0.15) is 31.2 Å². The highest BCUT2D eigenvalue weighted by Gasteiger charge is 2.13. The molecule has 0 N–H and O–H groups in total. The third kappa shape index (κ3) is 3.25. The second kappa shape index (κ2) is 7.23. The lowest BCUT2D eigenvalue weighted by Gasteiger charge is -2.11. The first-order valence-corrected chi connectivity index (χ1v) is 8.59. The first-order chi connectivity index (χ1) is 11.3. The standard InChI is InChI=1S/C21H22N2.ClH/c1-2-16-6-8-17(9-7-16)18-10-12-19(13-11-18)20-15-23-14-4-3-5-21(23)22-20;/h6-13,15H,2-5,14H2,1H3;1H. The first-order valence-electron chi connectivity index (χ1n) is 8.59. The van der Waals surface area contributed by atoms with Crippen LogP contribution in [0.15, 0.2) is 54.7 Å². The molecule has 3 aromatic rings. The van der Waals surface area contributed by atoms with Gasteiger partial charge in [-0.3, -0.25) is 0 Å². The largest absolute Gasteiger partial charge is 0.334 e. The van der Waals surface area contributed by atoms with E-state index >= 15 is 0 Å². The van der Waals surface area contributed by atoms with Gasteiger partial charge in [0.25, 0.3) is 0 Å². The fraction of sp³-hybridized carbons (Fsp3) is 0.286. The summed E-state index contributed by atoms with van der Waals surface area (Å²) in [6.07, 6.45) is 6.95. The molecule has 4 rings (SSSR count). The lowest BCUT2D eigenvalue weighted by atomic mass is 10.0. The van der Waals surface area contributed by atoms with Crippen LogP contribution < -0.4 is 0 Å². The molecule has 0 saturated heterocycles. The second-order valence-corrected chi connectivity index (χ2v) is 6.32. The highest BCUT2D eigenvalue weighted by molar-refractivity contribution is 5.85. The number of aromatic nitrogens is 2. The summed E-state index contributed by atoms with van der Waals surface area (Å²) in [5, 5.41) is 0. The molecule has 124 valence electrons. The van der Waals surface area contributed by atoms with Gasteiger partial charge in [-0.25, -0.2) is 4.98 Å². The molecule has 0 unspecified atom stereocenters. The van der Waals surface area contributed by atoms with Gasteiger partial charge in [0, 0.05) is 24.7 Å². The van der Waals surface area contributed by atoms with Crippen LogP contribution >= 0.6 is 12.4 Å². The van der Waals surface area contributed by atoms with Gasteiger partial charge in [0.2, 0.25) is 0 Å². The fourth-order valence-electron chi connectivity index (χ4n) is 3.32. The molecule has 3 heteroatoms. The summed E-state index contributed by atoms with van der Waals surface area (Å²) in [7, 11) is 0. The molecule has 0 fully saturated rings. The molecule has 1 aromatic heterocycles. The van der Waals surface area contributed by atoms with Gasteiger partial charge in [0.1, 0.15) is 5.82 Å². The van der Waals surface area contributed by atoms with Crippen molar-refractivity contribution in [1.82, 2.24) is 9.55 Å². The van der Waals surface area contributed by atoms with Crippen molar-refractivity contribution in [2.45, 2.75) is 39.2 Å². The number of rotatable bonds is 3. The maximum absolute atomic E-state index is 4.81. The second-order valence-electron chi connectivity index (χ2n) is 6.32. The smallest absolute Gasteiger partial charge is 0.109 e. The zero-order valence-electron chi connectivity index (χ0n) is 14.0. The SMILES string of the molecule is CCc1ccc(-c2ccc(-c3cn4c(n3)CCCC4)cc2)cc1.Cl. The fourth-order valence-corrected chi connectivity index (χ4v) is 3.32. The number of fused-ring (bicyclic) bond motifs is 1. The summed E-state index contributed by atoms with van der Waals surface area (Å²) in [5.41, 5.74) is 6.24. The van der Waals surface area contributed by atoms with Crippen LogP contribution in [-0.4, -0.2) is 9.55 Å². The molecule has 0 amide bonds. The summed E-state index contributed by atoms with van der Waals surface area (Å²) in [6, 6.07) is 17.6. The molecule has 24 heavy (non-hydrogen) atoms. The Hall–Kier alpha value is -2.06. The predicted octanol–water partition coefficient (Wildman–Crippen LogP) is 5.54. The molecule has 1 aliphatic heterocycles. The van der Waals surface area contributed by atoms with E-state index in [0.717, 1.165) is 25.1 Å². The molecular weight excluding hydrogens is 316 g/mol. The lowest BCUT2D eigenvalue weighted by Crippen LogP contribution is -2.08. The van der Waals surface area contributed by atoms with E-state index in [1.807, 2.05) is 0 Å². The van der Waals surface area contributed by atoms with E-state index < -0.39 is 0 Å². The zero-order valence-corrected chi connectivity index (χ0v) is 14.9. The van der Waals surface area contributed by atoms with Gasteiger partial charge >= 0.3 is 0 Å². The lowest BCUT2D eigenvalue weighted by molar-refractivity contribution is 0.522. The van der Waals surface area contributed by atoms with E-state index in [1.165, 1.54) is 40.9 Å². The van der Waals surface area contributed by atoms with Crippen molar-refractivity contribution < 1.29 is 0 Å². The molecule has 0 bridgehead atoms. The number of benzene rings is 2. The van der Waals surface area contributed by atoms with Crippen molar-refractivity contribution in [3.8, 4) is 22.4 Å². The van der Waals surface area contributed by atoms with Gasteiger partial charge in [0.15, 0.2) is 0 Å². The van der Waals surface area contributed by atoms with Crippen molar-refractivity contribution in [3.63, 3.8) is 0 Å². The Morgan fingerprint density at radius 3 is 2.12 bits per heavy atom. The van der Waals surface area contributed by atoms with Crippen LogP contribution in [0.25, 0.3) is 22.4 Å². The van der Waals surface area contributed by atoms with E-state index in [2.05, 4.69) is 66.2 Å². The topological polar surface area (TPSA) is 17.8 Å². The van der Waals surface area contributed by atoms with Crippen LogP contribution in [0.2, 0.25) is 0 Å². The van der Waals surface area contributed by atoms with E-state index in [4.69, 9.17) is 4.98 Å².